The van der Waals surface area contributed by atoms with E-state index in [1.54, 1.807) is 0 Å². The van der Waals surface area contributed by atoms with Crippen LogP contribution in [0.15, 0.2) is 0 Å². The molecule has 0 radical (unpaired) electrons. The molecule has 92 valence electrons. The highest BCUT2D eigenvalue weighted by molar-refractivity contribution is 4.92. The number of unbranched alkanes of at least 4 members (excludes halogenated alkanes) is 3. The lowest BCUT2D eigenvalue weighted by molar-refractivity contribution is 0.230. The van der Waals surface area contributed by atoms with Crippen molar-refractivity contribution in [2.24, 2.45) is 0 Å². The summed E-state index contributed by atoms with van der Waals surface area (Å²) in [6, 6.07) is 2.69. The van der Waals surface area contributed by atoms with Gasteiger partial charge in [-0.1, -0.05) is 45.4 Å². The first-order valence-corrected chi connectivity index (χ1v) is 7.02. The Kier molecular flexibility index (Phi) is 7.25. The molecule has 1 fully saturated rings. The molecule has 0 aliphatic carbocycles. The molecule has 1 aliphatic heterocycles. The van der Waals surface area contributed by atoms with E-state index in [1.807, 2.05) is 0 Å². The molecular weight excluding hydrogens is 196 g/mol. The molecule has 1 heterocycles. The standard InChI is InChI=1S/C14H26N2/c1-2-3-4-7-10-14(13-15)16-11-8-5-6-9-12-16/h14H,2-12H2,1H3. The molecule has 0 aromatic rings. The summed E-state index contributed by atoms with van der Waals surface area (Å²) in [6.07, 6.45) is 11.5. The Balaban J connectivity index is 2.25. The average Bonchev–Trinajstić information content (AvgIpc) is 2.58. The molecule has 0 N–H and O–H groups in total. The van der Waals surface area contributed by atoms with E-state index in [9.17, 15) is 5.26 Å². The van der Waals surface area contributed by atoms with Crippen molar-refractivity contribution in [2.45, 2.75) is 70.8 Å². The summed E-state index contributed by atoms with van der Waals surface area (Å²) in [5, 5.41) is 9.23. The van der Waals surface area contributed by atoms with E-state index in [4.69, 9.17) is 0 Å². The Morgan fingerprint density at radius 2 is 1.75 bits per heavy atom. The number of hydrogen-bond acceptors (Lipinski definition) is 2. The molecule has 1 rings (SSSR count). The molecule has 0 saturated carbocycles. The van der Waals surface area contributed by atoms with Crippen molar-refractivity contribution in [1.29, 1.82) is 5.26 Å². The molecule has 1 aliphatic rings. The molecular formula is C14H26N2. The molecule has 16 heavy (non-hydrogen) atoms. The van der Waals surface area contributed by atoms with Crippen molar-refractivity contribution in [3.8, 4) is 6.07 Å². The fraction of sp³-hybridized carbons (Fsp3) is 0.929. The predicted molar refractivity (Wildman–Crippen MR) is 68.2 cm³/mol. The van der Waals surface area contributed by atoms with Crippen LogP contribution in [0.25, 0.3) is 0 Å². The molecule has 0 bridgehead atoms. The van der Waals surface area contributed by atoms with Crippen LogP contribution in [-0.2, 0) is 0 Å². The van der Waals surface area contributed by atoms with Crippen molar-refractivity contribution < 1.29 is 0 Å². The van der Waals surface area contributed by atoms with Crippen LogP contribution in [0.3, 0.4) is 0 Å². The highest BCUT2D eigenvalue weighted by Gasteiger charge is 2.18. The predicted octanol–water partition coefficient (Wildman–Crippen LogP) is 3.72. The largest absolute Gasteiger partial charge is 0.288 e. The molecule has 2 nitrogen and oxygen atoms in total. The van der Waals surface area contributed by atoms with Gasteiger partial charge in [-0.2, -0.15) is 5.26 Å². The van der Waals surface area contributed by atoms with Gasteiger partial charge in [0.15, 0.2) is 0 Å². The zero-order valence-corrected chi connectivity index (χ0v) is 10.7. The quantitative estimate of drug-likeness (QED) is 0.640. The summed E-state index contributed by atoms with van der Waals surface area (Å²) in [4.78, 5) is 2.42. The van der Waals surface area contributed by atoms with Crippen molar-refractivity contribution in [2.75, 3.05) is 13.1 Å². The van der Waals surface area contributed by atoms with Gasteiger partial charge in [0.05, 0.1) is 12.1 Å². The van der Waals surface area contributed by atoms with Crippen LogP contribution in [-0.4, -0.2) is 24.0 Å². The highest BCUT2D eigenvalue weighted by atomic mass is 15.1. The summed E-state index contributed by atoms with van der Waals surface area (Å²) in [7, 11) is 0. The molecule has 0 aromatic heterocycles. The van der Waals surface area contributed by atoms with E-state index in [0.29, 0.717) is 0 Å². The van der Waals surface area contributed by atoms with Crippen molar-refractivity contribution in [3.05, 3.63) is 0 Å². The topological polar surface area (TPSA) is 27.0 Å². The van der Waals surface area contributed by atoms with Crippen molar-refractivity contribution in [3.63, 3.8) is 0 Å². The maximum Gasteiger partial charge on any atom is 0.0977 e. The van der Waals surface area contributed by atoms with Gasteiger partial charge < -0.3 is 0 Å². The molecule has 1 saturated heterocycles. The van der Waals surface area contributed by atoms with Crippen LogP contribution in [0.5, 0.6) is 0 Å². The van der Waals surface area contributed by atoms with Crippen LogP contribution in [0.2, 0.25) is 0 Å². The van der Waals surface area contributed by atoms with E-state index >= 15 is 0 Å². The van der Waals surface area contributed by atoms with Crippen LogP contribution >= 0.6 is 0 Å². The minimum Gasteiger partial charge on any atom is -0.288 e. The Hall–Kier alpha value is -0.550. The highest BCUT2D eigenvalue weighted by Crippen LogP contribution is 2.16. The summed E-state index contributed by atoms with van der Waals surface area (Å²) in [6.45, 7) is 4.52. The lowest BCUT2D eigenvalue weighted by atomic mass is 10.1. The summed E-state index contributed by atoms with van der Waals surface area (Å²) < 4.78 is 0. The van der Waals surface area contributed by atoms with Crippen LogP contribution in [0, 0.1) is 11.3 Å². The maximum atomic E-state index is 9.23. The average molecular weight is 222 g/mol. The van der Waals surface area contributed by atoms with E-state index in [2.05, 4.69) is 17.9 Å². The lowest BCUT2D eigenvalue weighted by Gasteiger charge is -2.25. The number of likely N-dealkylation sites (tertiary alicyclic amines) is 1. The summed E-state index contributed by atoms with van der Waals surface area (Å²) in [5.41, 5.74) is 0. The first-order valence-electron chi connectivity index (χ1n) is 7.02. The second-order valence-corrected chi connectivity index (χ2v) is 4.94. The first kappa shape index (κ1) is 13.5. The van der Waals surface area contributed by atoms with Gasteiger partial charge >= 0.3 is 0 Å². The second-order valence-electron chi connectivity index (χ2n) is 4.94. The molecule has 0 amide bonds. The number of nitriles is 1. The Morgan fingerprint density at radius 3 is 2.31 bits per heavy atom. The molecule has 0 aromatic carbocycles. The van der Waals surface area contributed by atoms with Gasteiger partial charge in [0.25, 0.3) is 0 Å². The minimum absolute atomic E-state index is 0.190. The van der Waals surface area contributed by atoms with Gasteiger partial charge in [0.2, 0.25) is 0 Å². The van der Waals surface area contributed by atoms with Crippen LogP contribution < -0.4 is 0 Å². The van der Waals surface area contributed by atoms with E-state index in [1.165, 1.54) is 51.4 Å². The SMILES string of the molecule is CCCCCCC(C#N)N1CCCCCC1. The molecule has 1 atom stereocenters. The van der Waals surface area contributed by atoms with Gasteiger partial charge in [-0.3, -0.25) is 4.90 Å². The Labute approximate surface area is 101 Å². The van der Waals surface area contributed by atoms with Gasteiger partial charge in [-0.15, -0.1) is 0 Å². The number of nitrogens with zero attached hydrogens (tertiary/aromatic N) is 2. The van der Waals surface area contributed by atoms with Crippen molar-refractivity contribution in [1.82, 2.24) is 4.90 Å². The lowest BCUT2D eigenvalue weighted by Crippen LogP contribution is -2.35. The summed E-state index contributed by atoms with van der Waals surface area (Å²) >= 11 is 0. The third-order valence-corrected chi connectivity index (χ3v) is 3.56. The summed E-state index contributed by atoms with van der Waals surface area (Å²) in [5.74, 6) is 0. The maximum absolute atomic E-state index is 9.23. The van der Waals surface area contributed by atoms with Gasteiger partial charge in [-0.25, -0.2) is 0 Å². The van der Waals surface area contributed by atoms with Crippen molar-refractivity contribution >= 4 is 0 Å². The van der Waals surface area contributed by atoms with E-state index < -0.39 is 0 Å². The second kappa shape index (κ2) is 8.58. The fourth-order valence-corrected chi connectivity index (χ4v) is 2.50. The van der Waals surface area contributed by atoms with Gasteiger partial charge in [0, 0.05) is 0 Å². The van der Waals surface area contributed by atoms with E-state index in [0.717, 1.165) is 19.5 Å². The molecule has 0 spiro atoms. The molecule has 1 unspecified atom stereocenters. The Morgan fingerprint density at radius 1 is 1.06 bits per heavy atom. The number of hydrogen-bond donors (Lipinski definition) is 0. The Bertz CT molecular complexity index is 199. The van der Waals surface area contributed by atoms with Gasteiger partial charge in [-0.05, 0) is 32.4 Å². The zero-order chi connectivity index (χ0) is 11.6. The molecule has 2 heteroatoms. The smallest absolute Gasteiger partial charge is 0.0977 e. The van der Waals surface area contributed by atoms with E-state index in [-0.39, 0.29) is 6.04 Å². The fourth-order valence-electron chi connectivity index (χ4n) is 2.50. The monoisotopic (exact) mass is 222 g/mol. The van der Waals surface area contributed by atoms with Crippen LogP contribution in [0.1, 0.15) is 64.7 Å². The third-order valence-electron chi connectivity index (χ3n) is 3.56. The van der Waals surface area contributed by atoms with Crippen LogP contribution in [0.4, 0.5) is 0 Å². The minimum atomic E-state index is 0.190. The first-order chi connectivity index (χ1) is 7.88. The third kappa shape index (κ3) is 4.99. The number of rotatable bonds is 6. The normalized spacial score (nSPS) is 20.0. The zero-order valence-electron chi connectivity index (χ0n) is 10.7. The van der Waals surface area contributed by atoms with Gasteiger partial charge in [0.1, 0.15) is 0 Å².